The molecule has 0 aliphatic carbocycles. The number of nitrogens with zero attached hydrogens (tertiary/aromatic N) is 1. The van der Waals surface area contributed by atoms with Gasteiger partial charge in [-0.15, -0.1) is 0 Å². The zero-order valence-electron chi connectivity index (χ0n) is 14.3. The predicted octanol–water partition coefficient (Wildman–Crippen LogP) is 4.30. The minimum absolute atomic E-state index is 0.284. The summed E-state index contributed by atoms with van der Waals surface area (Å²) in [5.74, 6) is 0.702. The van der Waals surface area contributed by atoms with Crippen LogP contribution < -0.4 is 10.2 Å². The van der Waals surface area contributed by atoms with E-state index in [-0.39, 0.29) is 5.41 Å². The van der Waals surface area contributed by atoms with E-state index < -0.39 is 0 Å². The molecule has 0 aliphatic rings. The maximum Gasteiger partial charge on any atom is 0.0366 e. The highest BCUT2D eigenvalue weighted by Gasteiger charge is 2.23. The van der Waals surface area contributed by atoms with Crippen LogP contribution >= 0.6 is 0 Å². The second-order valence-electron chi connectivity index (χ2n) is 7.34. The zero-order valence-corrected chi connectivity index (χ0v) is 14.3. The van der Waals surface area contributed by atoms with E-state index in [1.54, 1.807) is 0 Å². The second-order valence-corrected chi connectivity index (χ2v) is 7.34. The zero-order chi connectivity index (χ0) is 15.3. The monoisotopic (exact) mass is 276 g/mol. The normalized spacial score (nSPS) is 13.6. The maximum atomic E-state index is 3.48. The smallest absolute Gasteiger partial charge is 0.0366 e. The third-order valence-electron chi connectivity index (χ3n) is 4.06. The van der Waals surface area contributed by atoms with Crippen LogP contribution in [0.5, 0.6) is 0 Å². The van der Waals surface area contributed by atoms with Crippen molar-refractivity contribution in [2.24, 2.45) is 11.3 Å². The molecule has 114 valence electrons. The van der Waals surface area contributed by atoms with E-state index >= 15 is 0 Å². The van der Waals surface area contributed by atoms with Gasteiger partial charge in [0.05, 0.1) is 0 Å². The van der Waals surface area contributed by atoms with E-state index in [0.29, 0.717) is 12.0 Å². The molecule has 0 fully saturated rings. The Labute approximate surface area is 125 Å². The van der Waals surface area contributed by atoms with E-state index in [1.807, 2.05) is 0 Å². The van der Waals surface area contributed by atoms with Crippen molar-refractivity contribution in [3.8, 4) is 0 Å². The topological polar surface area (TPSA) is 15.3 Å². The summed E-state index contributed by atoms with van der Waals surface area (Å²) in [6.07, 6.45) is 0. The number of hydrogen-bond donors (Lipinski definition) is 1. The third kappa shape index (κ3) is 5.16. The molecule has 0 heterocycles. The van der Waals surface area contributed by atoms with Gasteiger partial charge in [-0.25, -0.2) is 0 Å². The van der Waals surface area contributed by atoms with E-state index in [2.05, 4.69) is 83.1 Å². The Morgan fingerprint density at radius 2 is 1.60 bits per heavy atom. The highest BCUT2D eigenvalue weighted by atomic mass is 15.1. The molecule has 1 unspecified atom stereocenters. The first-order chi connectivity index (χ1) is 9.21. The van der Waals surface area contributed by atoms with E-state index in [0.717, 1.165) is 13.1 Å². The van der Waals surface area contributed by atoms with Gasteiger partial charge in [0.1, 0.15) is 0 Å². The Kier molecular flexibility index (Phi) is 6.07. The lowest BCUT2D eigenvalue weighted by Gasteiger charge is -2.37. The molecule has 0 saturated heterocycles. The van der Waals surface area contributed by atoms with Crippen molar-refractivity contribution in [3.63, 3.8) is 0 Å². The van der Waals surface area contributed by atoms with Crippen LogP contribution in [-0.2, 0) is 6.54 Å². The van der Waals surface area contributed by atoms with Gasteiger partial charge in [-0.3, -0.25) is 0 Å². The van der Waals surface area contributed by atoms with Crippen molar-refractivity contribution in [1.82, 2.24) is 5.32 Å². The molecule has 0 amide bonds. The highest BCUT2D eigenvalue weighted by molar-refractivity contribution is 5.48. The molecule has 1 N–H and O–H groups in total. The molecule has 1 aromatic carbocycles. The molecular formula is C18H32N2. The van der Waals surface area contributed by atoms with Crippen LogP contribution in [0.3, 0.4) is 0 Å². The number of hydrogen-bond acceptors (Lipinski definition) is 2. The fraction of sp³-hybridized carbons (Fsp3) is 0.667. The van der Waals surface area contributed by atoms with Crippen molar-refractivity contribution in [3.05, 3.63) is 29.8 Å². The molecule has 0 saturated carbocycles. The van der Waals surface area contributed by atoms with Crippen molar-refractivity contribution >= 4 is 5.69 Å². The molecule has 2 heteroatoms. The summed E-state index contributed by atoms with van der Waals surface area (Å²) in [4.78, 5) is 2.37. The summed E-state index contributed by atoms with van der Waals surface area (Å²) in [7, 11) is 2.18. The van der Waals surface area contributed by atoms with Crippen molar-refractivity contribution < 1.29 is 0 Å². The summed E-state index contributed by atoms with van der Waals surface area (Å²) in [5, 5.41) is 3.48. The average Bonchev–Trinajstić information content (AvgIpc) is 2.36. The average molecular weight is 276 g/mol. The molecule has 1 atom stereocenters. The van der Waals surface area contributed by atoms with E-state index in [4.69, 9.17) is 0 Å². The van der Waals surface area contributed by atoms with Crippen LogP contribution in [0.1, 0.15) is 47.1 Å². The minimum atomic E-state index is 0.284. The van der Waals surface area contributed by atoms with Gasteiger partial charge in [0.15, 0.2) is 0 Å². The fourth-order valence-corrected chi connectivity index (χ4v) is 2.16. The highest BCUT2D eigenvalue weighted by Crippen LogP contribution is 2.27. The van der Waals surface area contributed by atoms with Gasteiger partial charge >= 0.3 is 0 Å². The summed E-state index contributed by atoms with van der Waals surface area (Å²) in [6.45, 7) is 15.7. The largest absolute Gasteiger partial charge is 0.371 e. The van der Waals surface area contributed by atoms with Gasteiger partial charge in [0.25, 0.3) is 0 Å². The Morgan fingerprint density at radius 1 is 1.05 bits per heavy atom. The summed E-state index contributed by atoms with van der Waals surface area (Å²) < 4.78 is 0. The quantitative estimate of drug-likeness (QED) is 0.833. The first kappa shape index (κ1) is 17.0. The predicted molar refractivity (Wildman–Crippen MR) is 90.3 cm³/mol. The van der Waals surface area contributed by atoms with Crippen LogP contribution in [-0.4, -0.2) is 19.6 Å². The van der Waals surface area contributed by atoms with Crippen molar-refractivity contribution in [2.75, 3.05) is 18.5 Å². The molecule has 1 rings (SSSR count). The molecule has 0 bridgehead atoms. The van der Waals surface area contributed by atoms with Crippen LogP contribution in [0.4, 0.5) is 5.69 Å². The molecule has 0 aliphatic heterocycles. The number of benzene rings is 1. The van der Waals surface area contributed by atoms with Gasteiger partial charge in [0, 0.05) is 25.3 Å². The molecule has 0 radical (unpaired) electrons. The van der Waals surface area contributed by atoms with Gasteiger partial charge < -0.3 is 10.2 Å². The third-order valence-corrected chi connectivity index (χ3v) is 4.06. The Hall–Kier alpha value is -1.02. The van der Waals surface area contributed by atoms with Crippen LogP contribution in [0.25, 0.3) is 0 Å². The van der Waals surface area contributed by atoms with Crippen LogP contribution in [0, 0.1) is 11.3 Å². The van der Waals surface area contributed by atoms with Crippen molar-refractivity contribution in [2.45, 2.75) is 54.1 Å². The molecule has 0 aromatic heterocycles. The van der Waals surface area contributed by atoms with Gasteiger partial charge in [-0.05, 0) is 42.5 Å². The van der Waals surface area contributed by atoms with Gasteiger partial charge in [-0.2, -0.15) is 0 Å². The van der Waals surface area contributed by atoms with Crippen molar-refractivity contribution in [1.29, 1.82) is 0 Å². The lowest BCUT2D eigenvalue weighted by atomic mass is 9.87. The second kappa shape index (κ2) is 7.12. The molecule has 2 nitrogen and oxygen atoms in total. The molecule has 1 aromatic rings. The van der Waals surface area contributed by atoms with Gasteiger partial charge in [-0.1, -0.05) is 46.8 Å². The lowest BCUT2D eigenvalue weighted by Crippen LogP contribution is -2.39. The first-order valence-electron chi connectivity index (χ1n) is 7.74. The van der Waals surface area contributed by atoms with E-state index in [1.165, 1.54) is 11.3 Å². The molecule has 20 heavy (non-hydrogen) atoms. The Balaban J connectivity index is 2.62. The Morgan fingerprint density at radius 3 is 2.05 bits per heavy atom. The van der Waals surface area contributed by atoms with Crippen LogP contribution in [0.15, 0.2) is 24.3 Å². The summed E-state index contributed by atoms with van der Waals surface area (Å²) >= 11 is 0. The lowest BCUT2D eigenvalue weighted by molar-refractivity contribution is 0.330. The summed E-state index contributed by atoms with van der Waals surface area (Å²) in [6, 6.07) is 9.43. The summed E-state index contributed by atoms with van der Waals surface area (Å²) in [5.41, 5.74) is 2.93. The standard InChI is InChI=1S/C18H32N2/c1-14(2)12-19-13-16-8-10-17(11-9-16)20(7)15(3)18(4,5)6/h8-11,14-15,19H,12-13H2,1-7H3. The Bertz CT molecular complexity index is 387. The molecule has 0 spiro atoms. The van der Waals surface area contributed by atoms with E-state index in [9.17, 15) is 0 Å². The molecular weight excluding hydrogens is 244 g/mol. The fourth-order valence-electron chi connectivity index (χ4n) is 2.16. The number of anilines is 1. The SMILES string of the molecule is CC(C)CNCc1ccc(N(C)C(C)C(C)(C)C)cc1. The van der Waals surface area contributed by atoms with Crippen LogP contribution in [0.2, 0.25) is 0 Å². The van der Waals surface area contributed by atoms with Gasteiger partial charge in [0.2, 0.25) is 0 Å². The maximum absolute atomic E-state index is 3.48. The number of rotatable bonds is 6. The number of nitrogens with one attached hydrogen (secondary N) is 1. The first-order valence-corrected chi connectivity index (χ1v) is 7.74. The minimum Gasteiger partial charge on any atom is -0.371 e.